The lowest BCUT2D eigenvalue weighted by atomic mass is 10.1. The summed E-state index contributed by atoms with van der Waals surface area (Å²) in [6, 6.07) is 18.9. The van der Waals surface area contributed by atoms with Crippen LogP contribution in [-0.4, -0.2) is 56.5 Å². The minimum Gasteiger partial charge on any atom is -0.378 e. The third kappa shape index (κ3) is 5.57. The standard InChI is InChI=1S/C23H31N3O/c1-24(2)22-11-9-19(10-12-22)15-23(27)25(3)16-21-13-14-26(18-21)17-20-7-5-4-6-8-20/h4-12,21H,13-18H2,1-3H3/t21-/m0/s1. The van der Waals surface area contributed by atoms with Crippen LogP contribution in [-0.2, 0) is 17.8 Å². The van der Waals surface area contributed by atoms with Gasteiger partial charge in [-0.05, 0) is 42.1 Å². The third-order valence-electron chi connectivity index (χ3n) is 5.38. The van der Waals surface area contributed by atoms with Crippen molar-refractivity contribution in [2.24, 2.45) is 5.92 Å². The zero-order valence-electron chi connectivity index (χ0n) is 16.8. The highest BCUT2D eigenvalue weighted by molar-refractivity contribution is 5.78. The summed E-state index contributed by atoms with van der Waals surface area (Å²) in [6.45, 7) is 4.05. The molecular weight excluding hydrogens is 334 g/mol. The second kappa shape index (κ2) is 9.05. The van der Waals surface area contributed by atoms with Gasteiger partial charge in [0.2, 0.25) is 5.91 Å². The smallest absolute Gasteiger partial charge is 0.226 e. The largest absolute Gasteiger partial charge is 0.378 e. The van der Waals surface area contributed by atoms with Gasteiger partial charge in [0.1, 0.15) is 0 Å². The van der Waals surface area contributed by atoms with Crippen LogP contribution in [0, 0.1) is 5.92 Å². The van der Waals surface area contributed by atoms with Crippen molar-refractivity contribution in [1.82, 2.24) is 9.80 Å². The fraction of sp³-hybridized carbons (Fsp3) is 0.435. The average Bonchev–Trinajstić information content (AvgIpc) is 3.09. The van der Waals surface area contributed by atoms with Crippen LogP contribution in [0.5, 0.6) is 0 Å². The molecule has 0 N–H and O–H groups in total. The number of rotatable bonds is 7. The van der Waals surface area contributed by atoms with E-state index >= 15 is 0 Å². The minimum atomic E-state index is 0.203. The Kier molecular flexibility index (Phi) is 6.51. The average molecular weight is 366 g/mol. The molecule has 0 spiro atoms. The highest BCUT2D eigenvalue weighted by Gasteiger charge is 2.24. The van der Waals surface area contributed by atoms with Crippen LogP contribution in [0.1, 0.15) is 17.5 Å². The van der Waals surface area contributed by atoms with Crippen molar-refractivity contribution in [2.75, 3.05) is 45.7 Å². The van der Waals surface area contributed by atoms with Crippen molar-refractivity contribution in [2.45, 2.75) is 19.4 Å². The number of amides is 1. The van der Waals surface area contributed by atoms with Gasteiger partial charge in [-0.2, -0.15) is 0 Å². The van der Waals surface area contributed by atoms with E-state index in [-0.39, 0.29) is 5.91 Å². The van der Waals surface area contributed by atoms with E-state index in [0.29, 0.717) is 12.3 Å². The molecule has 0 saturated carbocycles. The van der Waals surface area contributed by atoms with Gasteiger partial charge >= 0.3 is 0 Å². The number of carbonyl (C=O) groups excluding carboxylic acids is 1. The van der Waals surface area contributed by atoms with Gasteiger partial charge in [-0.15, -0.1) is 0 Å². The highest BCUT2D eigenvalue weighted by atomic mass is 16.2. The SMILES string of the molecule is CN(C[C@@H]1CCN(Cc2ccccc2)C1)C(=O)Cc1ccc(N(C)C)cc1. The molecule has 1 amide bonds. The second-order valence-corrected chi connectivity index (χ2v) is 7.89. The number of likely N-dealkylation sites (tertiary alicyclic amines) is 1. The molecular formula is C23H31N3O. The number of benzene rings is 2. The first-order valence-electron chi connectivity index (χ1n) is 9.78. The summed E-state index contributed by atoms with van der Waals surface area (Å²) in [5.74, 6) is 0.771. The lowest BCUT2D eigenvalue weighted by molar-refractivity contribution is -0.129. The maximum atomic E-state index is 12.6. The molecule has 0 bridgehead atoms. The van der Waals surface area contributed by atoms with E-state index in [0.717, 1.165) is 37.4 Å². The highest BCUT2D eigenvalue weighted by Crippen LogP contribution is 2.20. The van der Waals surface area contributed by atoms with Crippen molar-refractivity contribution in [1.29, 1.82) is 0 Å². The van der Waals surface area contributed by atoms with Crippen molar-refractivity contribution in [3.05, 3.63) is 65.7 Å². The Bertz CT molecular complexity index is 727. The molecule has 27 heavy (non-hydrogen) atoms. The van der Waals surface area contributed by atoms with Crippen molar-refractivity contribution in [3.8, 4) is 0 Å². The molecule has 4 heteroatoms. The monoisotopic (exact) mass is 365 g/mol. The molecule has 0 aliphatic carbocycles. The van der Waals surface area contributed by atoms with E-state index in [1.807, 2.05) is 26.0 Å². The molecule has 1 aliphatic rings. The molecule has 1 atom stereocenters. The first-order valence-corrected chi connectivity index (χ1v) is 9.78. The Morgan fingerprint density at radius 3 is 2.37 bits per heavy atom. The Labute approximate surface area is 163 Å². The summed E-state index contributed by atoms with van der Waals surface area (Å²) in [7, 11) is 5.99. The summed E-state index contributed by atoms with van der Waals surface area (Å²) >= 11 is 0. The molecule has 0 radical (unpaired) electrons. The van der Waals surface area contributed by atoms with Crippen molar-refractivity contribution < 1.29 is 4.79 Å². The molecule has 3 rings (SSSR count). The maximum Gasteiger partial charge on any atom is 0.226 e. The van der Waals surface area contributed by atoms with Gasteiger partial charge in [-0.1, -0.05) is 42.5 Å². The van der Waals surface area contributed by atoms with E-state index in [1.165, 1.54) is 12.0 Å². The number of anilines is 1. The van der Waals surface area contributed by atoms with Gasteiger partial charge in [-0.25, -0.2) is 0 Å². The van der Waals surface area contributed by atoms with E-state index in [1.54, 1.807) is 0 Å². The quantitative estimate of drug-likeness (QED) is 0.753. The molecule has 2 aromatic rings. The molecule has 2 aromatic carbocycles. The van der Waals surface area contributed by atoms with Gasteiger partial charge in [0.05, 0.1) is 6.42 Å². The van der Waals surface area contributed by atoms with Crippen LogP contribution >= 0.6 is 0 Å². The zero-order chi connectivity index (χ0) is 19.2. The molecule has 4 nitrogen and oxygen atoms in total. The van der Waals surface area contributed by atoms with Crippen molar-refractivity contribution in [3.63, 3.8) is 0 Å². The molecule has 1 heterocycles. The van der Waals surface area contributed by atoms with Crippen LogP contribution in [0.2, 0.25) is 0 Å². The fourth-order valence-electron chi connectivity index (χ4n) is 3.76. The van der Waals surface area contributed by atoms with E-state index in [4.69, 9.17) is 0 Å². The van der Waals surface area contributed by atoms with Crippen LogP contribution < -0.4 is 4.90 Å². The van der Waals surface area contributed by atoms with Gasteiger partial charge < -0.3 is 9.80 Å². The van der Waals surface area contributed by atoms with Crippen molar-refractivity contribution >= 4 is 11.6 Å². The maximum absolute atomic E-state index is 12.6. The molecule has 1 aliphatic heterocycles. The second-order valence-electron chi connectivity index (χ2n) is 7.89. The molecule has 144 valence electrons. The van der Waals surface area contributed by atoms with E-state index in [9.17, 15) is 4.79 Å². The Balaban J connectivity index is 1.45. The number of hydrogen-bond acceptors (Lipinski definition) is 3. The number of likely N-dealkylation sites (N-methyl/N-ethyl adjacent to an activating group) is 1. The van der Waals surface area contributed by atoms with Gasteiger partial charge in [0.25, 0.3) is 0 Å². The number of hydrogen-bond donors (Lipinski definition) is 0. The summed E-state index contributed by atoms with van der Waals surface area (Å²) in [5.41, 5.74) is 3.60. The molecule has 0 unspecified atom stereocenters. The zero-order valence-corrected chi connectivity index (χ0v) is 16.8. The Morgan fingerprint density at radius 1 is 1.00 bits per heavy atom. The van der Waals surface area contributed by atoms with Gasteiger partial charge in [0.15, 0.2) is 0 Å². The predicted molar refractivity (Wildman–Crippen MR) is 112 cm³/mol. The van der Waals surface area contributed by atoms with Gasteiger partial charge in [-0.3, -0.25) is 9.69 Å². The lowest BCUT2D eigenvalue weighted by Crippen LogP contribution is -2.34. The summed E-state index contributed by atoms with van der Waals surface area (Å²) in [5, 5.41) is 0. The predicted octanol–water partition coefficient (Wildman–Crippen LogP) is 3.28. The topological polar surface area (TPSA) is 26.8 Å². The Morgan fingerprint density at radius 2 is 1.70 bits per heavy atom. The minimum absolute atomic E-state index is 0.203. The van der Waals surface area contributed by atoms with Gasteiger partial charge in [0, 0.05) is 46.5 Å². The fourth-order valence-corrected chi connectivity index (χ4v) is 3.76. The third-order valence-corrected chi connectivity index (χ3v) is 5.38. The molecule has 1 saturated heterocycles. The first-order chi connectivity index (χ1) is 13.0. The van der Waals surface area contributed by atoms with Crippen LogP contribution in [0.4, 0.5) is 5.69 Å². The van der Waals surface area contributed by atoms with Crippen LogP contribution in [0.25, 0.3) is 0 Å². The summed E-state index contributed by atoms with van der Waals surface area (Å²) in [6.07, 6.45) is 1.65. The summed E-state index contributed by atoms with van der Waals surface area (Å²) in [4.78, 5) is 19.1. The summed E-state index contributed by atoms with van der Waals surface area (Å²) < 4.78 is 0. The van der Waals surface area contributed by atoms with E-state index in [2.05, 4.69) is 64.4 Å². The Hall–Kier alpha value is -2.33. The number of carbonyl (C=O) groups is 1. The number of nitrogens with zero attached hydrogens (tertiary/aromatic N) is 3. The van der Waals surface area contributed by atoms with E-state index < -0.39 is 0 Å². The van der Waals surface area contributed by atoms with Crippen LogP contribution in [0.3, 0.4) is 0 Å². The first kappa shape index (κ1) is 19.4. The lowest BCUT2D eigenvalue weighted by Gasteiger charge is -2.22. The normalized spacial score (nSPS) is 17.1. The molecule has 0 aromatic heterocycles. The van der Waals surface area contributed by atoms with Crippen LogP contribution in [0.15, 0.2) is 54.6 Å². The molecule has 1 fully saturated rings.